The van der Waals surface area contributed by atoms with Crippen LogP contribution in [0.5, 0.6) is 0 Å². The van der Waals surface area contributed by atoms with Gasteiger partial charge in [0.25, 0.3) is 0 Å². The van der Waals surface area contributed by atoms with Crippen molar-refractivity contribution in [1.29, 1.82) is 0 Å². The average Bonchev–Trinajstić information content (AvgIpc) is 2.20. The van der Waals surface area contributed by atoms with Crippen molar-refractivity contribution < 1.29 is 4.79 Å². The van der Waals surface area contributed by atoms with Gasteiger partial charge in [-0.25, -0.2) is 0 Å². The van der Waals surface area contributed by atoms with Crippen molar-refractivity contribution in [3.05, 3.63) is 0 Å². The van der Waals surface area contributed by atoms with Crippen LogP contribution < -0.4 is 11.1 Å². The molecule has 15 heavy (non-hydrogen) atoms. The summed E-state index contributed by atoms with van der Waals surface area (Å²) in [5.74, 6) is 0.810. The molecule has 0 bridgehead atoms. The maximum atomic E-state index is 11.5. The Balaban J connectivity index is 2.31. The molecule has 2 atom stereocenters. The molecule has 1 rings (SSSR count). The van der Waals surface area contributed by atoms with Gasteiger partial charge in [-0.05, 0) is 25.7 Å². The van der Waals surface area contributed by atoms with E-state index in [9.17, 15) is 4.79 Å². The highest BCUT2D eigenvalue weighted by Crippen LogP contribution is 2.20. The number of piperidine rings is 1. The number of rotatable bonds is 4. The van der Waals surface area contributed by atoms with Crippen molar-refractivity contribution in [3.8, 4) is 0 Å². The summed E-state index contributed by atoms with van der Waals surface area (Å²) in [7, 11) is 0. The first-order valence-electron chi connectivity index (χ1n) is 5.84. The molecular formula is C11H23N3O. The van der Waals surface area contributed by atoms with E-state index in [1.807, 2.05) is 0 Å². The van der Waals surface area contributed by atoms with E-state index in [1.165, 1.54) is 12.8 Å². The number of hydrogen-bond acceptors (Lipinski definition) is 3. The summed E-state index contributed by atoms with van der Waals surface area (Å²) in [6.45, 7) is 7.09. The molecule has 0 aromatic carbocycles. The van der Waals surface area contributed by atoms with E-state index >= 15 is 0 Å². The van der Waals surface area contributed by atoms with E-state index < -0.39 is 0 Å². The third-order valence-electron chi connectivity index (χ3n) is 3.06. The van der Waals surface area contributed by atoms with E-state index in [0.717, 1.165) is 6.54 Å². The summed E-state index contributed by atoms with van der Waals surface area (Å²) in [5, 5.41) is 2.81. The zero-order valence-corrected chi connectivity index (χ0v) is 9.83. The summed E-state index contributed by atoms with van der Waals surface area (Å²) in [6.07, 6.45) is 2.48. The number of amides is 1. The first kappa shape index (κ1) is 12.5. The van der Waals surface area contributed by atoms with Crippen LogP contribution in [-0.4, -0.2) is 43.0 Å². The fourth-order valence-corrected chi connectivity index (χ4v) is 2.05. The Morgan fingerprint density at radius 3 is 2.87 bits per heavy atom. The first-order chi connectivity index (χ1) is 7.13. The summed E-state index contributed by atoms with van der Waals surface area (Å²) in [4.78, 5) is 13.8. The highest BCUT2D eigenvalue weighted by atomic mass is 16.2. The quantitative estimate of drug-likeness (QED) is 0.700. The van der Waals surface area contributed by atoms with Crippen molar-refractivity contribution in [2.24, 2.45) is 11.7 Å². The molecule has 1 aliphatic rings. The summed E-state index contributed by atoms with van der Waals surface area (Å²) < 4.78 is 0. The standard InChI is InChI=1S/C11H23N3O/c1-9-3-4-10(2)14(7-9)8-11(15)13-6-5-12/h9-10H,3-8,12H2,1-2H3,(H,13,15). The minimum atomic E-state index is 0.0985. The van der Waals surface area contributed by atoms with Crippen LogP contribution in [0.1, 0.15) is 26.7 Å². The highest BCUT2D eigenvalue weighted by Gasteiger charge is 2.24. The van der Waals surface area contributed by atoms with Crippen LogP contribution in [0.2, 0.25) is 0 Å². The molecule has 1 amide bonds. The van der Waals surface area contributed by atoms with Crippen LogP contribution in [0, 0.1) is 5.92 Å². The number of nitrogens with zero attached hydrogens (tertiary/aromatic N) is 1. The molecule has 88 valence electrons. The summed E-state index contributed by atoms with van der Waals surface area (Å²) in [5.41, 5.74) is 5.33. The smallest absolute Gasteiger partial charge is 0.234 e. The monoisotopic (exact) mass is 213 g/mol. The largest absolute Gasteiger partial charge is 0.354 e. The second-order valence-corrected chi connectivity index (χ2v) is 4.60. The lowest BCUT2D eigenvalue weighted by atomic mass is 9.95. The topological polar surface area (TPSA) is 58.4 Å². The molecule has 0 aliphatic carbocycles. The summed E-state index contributed by atoms with van der Waals surface area (Å²) >= 11 is 0. The molecule has 2 unspecified atom stereocenters. The van der Waals surface area contributed by atoms with Gasteiger partial charge in [-0.3, -0.25) is 9.69 Å². The van der Waals surface area contributed by atoms with E-state index in [1.54, 1.807) is 0 Å². The Morgan fingerprint density at radius 1 is 1.47 bits per heavy atom. The lowest BCUT2D eigenvalue weighted by Crippen LogP contribution is -2.47. The molecular weight excluding hydrogens is 190 g/mol. The van der Waals surface area contributed by atoms with Gasteiger partial charge < -0.3 is 11.1 Å². The van der Waals surface area contributed by atoms with Gasteiger partial charge >= 0.3 is 0 Å². The van der Waals surface area contributed by atoms with Gasteiger partial charge in [0.1, 0.15) is 0 Å². The SMILES string of the molecule is CC1CCC(C)N(CC(=O)NCCN)C1. The van der Waals surface area contributed by atoms with E-state index in [2.05, 4.69) is 24.1 Å². The van der Waals surface area contributed by atoms with Crippen LogP contribution in [0.4, 0.5) is 0 Å². The molecule has 1 fully saturated rings. The van der Waals surface area contributed by atoms with Crippen LogP contribution in [0.3, 0.4) is 0 Å². The zero-order valence-electron chi connectivity index (χ0n) is 9.83. The Hall–Kier alpha value is -0.610. The Labute approximate surface area is 92.2 Å². The zero-order chi connectivity index (χ0) is 11.3. The number of hydrogen-bond donors (Lipinski definition) is 2. The average molecular weight is 213 g/mol. The van der Waals surface area contributed by atoms with Crippen molar-refractivity contribution >= 4 is 5.91 Å². The molecule has 1 aliphatic heterocycles. The van der Waals surface area contributed by atoms with Gasteiger partial charge in [0, 0.05) is 25.7 Å². The minimum Gasteiger partial charge on any atom is -0.354 e. The molecule has 3 N–H and O–H groups in total. The first-order valence-corrected chi connectivity index (χ1v) is 5.84. The molecule has 0 radical (unpaired) electrons. The predicted octanol–water partition coefficient (Wildman–Crippen LogP) is 0.182. The molecule has 4 nitrogen and oxygen atoms in total. The predicted molar refractivity (Wildman–Crippen MR) is 61.5 cm³/mol. The molecule has 1 heterocycles. The van der Waals surface area contributed by atoms with Gasteiger partial charge in [0.15, 0.2) is 0 Å². The van der Waals surface area contributed by atoms with Gasteiger partial charge in [0.05, 0.1) is 6.54 Å². The molecule has 0 aromatic rings. The van der Waals surface area contributed by atoms with Crippen molar-refractivity contribution in [3.63, 3.8) is 0 Å². The van der Waals surface area contributed by atoms with Crippen LogP contribution >= 0.6 is 0 Å². The normalized spacial score (nSPS) is 27.7. The number of likely N-dealkylation sites (tertiary alicyclic amines) is 1. The second kappa shape index (κ2) is 6.08. The van der Waals surface area contributed by atoms with Crippen molar-refractivity contribution in [2.45, 2.75) is 32.7 Å². The Bertz CT molecular complexity index is 208. The van der Waals surface area contributed by atoms with Gasteiger partial charge in [0.2, 0.25) is 5.91 Å². The lowest BCUT2D eigenvalue weighted by molar-refractivity contribution is -0.123. The lowest BCUT2D eigenvalue weighted by Gasteiger charge is -2.36. The molecule has 0 saturated carbocycles. The minimum absolute atomic E-state index is 0.0985. The number of carbonyl (C=O) groups is 1. The molecule has 4 heteroatoms. The van der Waals surface area contributed by atoms with Crippen LogP contribution in [0.25, 0.3) is 0 Å². The van der Waals surface area contributed by atoms with Crippen molar-refractivity contribution in [1.82, 2.24) is 10.2 Å². The maximum Gasteiger partial charge on any atom is 0.234 e. The third-order valence-corrected chi connectivity index (χ3v) is 3.06. The fraction of sp³-hybridized carbons (Fsp3) is 0.909. The van der Waals surface area contributed by atoms with Crippen LogP contribution in [0.15, 0.2) is 0 Å². The van der Waals surface area contributed by atoms with Gasteiger partial charge in [-0.2, -0.15) is 0 Å². The second-order valence-electron chi connectivity index (χ2n) is 4.60. The van der Waals surface area contributed by atoms with E-state index in [-0.39, 0.29) is 5.91 Å². The number of nitrogens with two attached hydrogens (primary N) is 1. The molecule has 0 aromatic heterocycles. The van der Waals surface area contributed by atoms with E-state index in [0.29, 0.717) is 31.6 Å². The van der Waals surface area contributed by atoms with Crippen LogP contribution in [-0.2, 0) is 4.79 Å². The maximum absolute atomic E-state index is 11.5. The molecule has 0 spiro atoms. The van der Waals surface area contributed by atoms with E-state index in [4.69, 9.17) is 5.73 Å². The summed E-state index contributed by atoms with van der Waals surface area (Å²) in [6, 6.07) is 0.532. The highest BCUT2D eigenvalue weighted by molar-refractivity contribution is 5.78. The number of nitrogens with one attached hydrogen (secondary N) is 1. The molecule has 1 saturated heterocycles. The van der Waals surface area contributed by atoms with Crippen molar-refractivity contribution in [2.75, 3.05) is 26.2 Å². The number of carbonyl (C=O) groups excluding carboxylic acids is 1. The van der Waals surface area contributed by atoms with Gasteiger partial charge in [-0.15, -0.1) is 0 Å². The fourth-order valence-electron chi connectivity index (χ4n) is 2.05. The third kappa shape index (κ3) is 4.18. The Kier molecular flexibility index (Phi) is 5.05. The Morgan fingerprint density at radius 2 is 2.20 bits per heavy atom. The van der Waals surface area contributed by atoms with Gasteiger partial charge in [-0.1, -0.05) is 6.92 Å².